The Bertz CT molecular complexity index is 327. The maximum Gasteiger partial charge on any atom is 0.188 e. The fourth-order valence-electron chi connectivity index (χ4n) is 1.36. The third-order valence-electron chi connectivity index (χ3n) is 1.86. The molecule has 0 aliphatic rings. The van der Waals surface area contributed by atoms with Crippen molar-refractivity contribution in [3.05, 3.63) is 34.7 Å². The average Bonchev–Trinajstić information content (AvgIpc) is 2.11. The molecular formula is C11H13NO. The fraction of sp³-hybridized carbons (Fsp3) is 0.364. The minimum absolute atomic E-state index is 0.666. The second-order valence-corrected chi connectivity index (χ2v) is 2.95. The van der Waals surface area contributed by atoms with Crippen molar-refractivity contribution in [1.29, 1.82) is 0 Å². The lowest BCUT2D eigenvalue weighted by Crippen LogP contribution is -1.96. The molecular weight excluding hydrogens is 162 g/mol. The molecule has 1 aromatic rings. The van der Waals surface area contributed by atoms with Gasteiger partial charge in [0.1, 0.15) is 5.75 Å². The van der Waals surface area contributed by atoms with E-state index in [-0.39, 0.29) is 0 Å². The summed E-state index contributed by atoms with van der Waals surface area (Å²) in [7, 11) is 0. The summed E-state index contributed by atoms with van der Waals surface area (Å²) in [6, 6.07) is 3.70. The molecule has 0 N–H and O–H groups in total. The molecule has 0 amide bonds. The van der Waals surface area contributed by atoms with Crippen LogP contribution in [0.3, 0.4) is 0 Å². The largest absolute Gasteiger partial charge is 0.493 e. The van der Waals surface area contributed by atoms with Gasteiger partial charge in [-0.25, -0.2) is 4.85 Å². The zero-order chi connectivity index (χ0) is 9.84. The van der Waals surface area contributed by atoms with Crippen molar-refractivity contribution in [2.75, 3.05) is 6.61 Å². The van der Waals surface area contributed by atoms with Gasteiger partial charge in [0, 0.05) is 0 Å². The van der Waals surface area contributed by atoms with Crippen molar-refractivity contribution in [2.45, 2.75) is 20.8 Å². The molecule has 0 aliphatic heterocycles. The number of rotatable bonds is 2. The fourth-order valence-corrected chi connectivity index (χ4v) is 1.36. The zero-order valence-electron chi connectivity index (χ0n) is 8.22. The molecule has 1 rings (SSSR count). The van der Waals surface area contributed by atoms with E-state index >= 15 is 0 Å². The van der Waals surface area contributed by atoms with Gasteiger partial charge in [0.15, 0.2) is 5.69 Å². The summed E-state index contributed by atoms with van der Waals surface area (Å²) >= 11 is 0. The number of hydrogen-bond donors (Lipinski definition) is 0. The Morgan fingerprint density at radius 2 is 1.85 bits per heavy atom. The first kappa shape index (κ1) is 9.60. The number of benzene rings is 1. The molecule has 0 atom stereocenters. The van der Waals surface area contributed by atoms with Gasteiger partial charge in [-0.2, -0.15) is 0 Å². The highest BCUT2D eigenvalue weighted by molar-refractivity contribution is 5.55. The third-order valence-corrected chi connectivity index (χ3v) is 1.86. The maximum absolute atomic E-state index is 6.89. The van der Waals surface area contributed by atoms with Crippen LogP contribution < -0.4 is 4.74 Å². The molecule has 13 heavy (non-hydrogen) atoms. The van der Waals surface area contributed by atoms with E-state index in [1.54, 1.807) is 0 Å². The third kappa shape index (κ3) is 2.00. The Morgan fingerprint density at radius 3 is 2.23 bits per heavy atom. The standard InChI is InChI=1S/C11H13NO/c1-5-13-11-8(2)6-10(12-4)7-9(11)3/h6-7H,5H2,1-3H3. The second-order valence-electron chi connectivity index (χ2n) is 2.95. The van der Waals surface area contributed by atoms with Gasteiger partial charge in [-0.1, -0.05) is 0 Å². The van der Waals surface area contributed by atoms with E-state index in [0.717, 1.165) is 16.9 Å². The first-order valence-corrected chi connectivity index (χ1v) is 4.30. The van der Waals surface area contributed by atoms with Gasteiger partial charge >= 0.3 is 0 Å². The Hall–Kier alpha value is -1.49. The molecule has 0 heterocycles. The average molecular weight is 175 g/mol. The summed E-state index contributed by atoms with van der Waals surface area (Å²) in [5.41, 5.74) is 2.75. The van der Waals surface area contributed by atoms with Crippen LogP contribution in [0.4, 0.5) is 5.69 Å². The van der Waals surface area contributed by atoms with E-state index in [9.17, 15) is 0 Å². The minimum Gasteiger partial charge on any atom is -0.493 e. The summed E-state index contributed by atoms with van der Waals surface area (Å²) in [6.45, 7) is 13.4. The predicted octanol–water partition coefficient (Wildman–Crippen LogP) is 3.25. The Balaban J connectivity index is 3.17. The van der Waals surface area contributed by atoms with Gasteiger partial charge in [-0.3, -0.25) is 0 Å². The van der Waals surface area contributed by atoms with E-state index in [4.69, 9.17) is 11.3 Å². The van der Waals surface area contributed by atoms with Crippen molar-refractivity contribution < 1.29 is 4.74 Å². The molecule has 0 fully saturated rings. The lowest BCUT2D eigenvalue weighted by molar-refractivity contribution is 0.335. The lowest BCUT2D eigenvalue weighted by atomic mass is 10.1. The van der Waals surface area contributed by atoms with Gasteiger partial charge in [0.2, 0.25) is 0 Å². The van der Waals surface area contributed by atoms with Crippen LogP contribution in [0.15, 0.2) is 12.1 Å². The van der Waals surface area contributed by atoms with Gasteiger partial charge in [0.05, 0.1) is 13.2 Å². The summed E-state index contributed by atoms with van der Waals surface area (Å²) in [6.07, 6.45) is 0. The maximum atomic E-state index is 6.89. The van der Waals surface area contributed by atoms with Crippen LogP contribution in [0.2, 0.25) is 0 Å². The quantitative estimate of drug-likeness (QED) is 0.629. The van der Waals surface area contributed by atoms with Crippen LogP contribution in [0, 0.1) is 20.4 Å². The van der Waals surface area contributed by atoms with Crippen LogP contribution in [-0.2, 0) is 0 Å². The Morgan fingerprint density at radius 1 is 1.31 bits per heavy atom. The number of nitrogens with zero attached hydrogens (tertiary/aromatic N) is 1. The number of aryl methyl sites for hydroxylation is 2. The Kier molecular flexibility index (Phi) is 2.92. The van der Waals surface area contributed by atoms with Crippen molar-refractivity contribution in [2.24, 2.45) is 0 Å². The van der Waals surface area contributed by atoms with Crippen LogP contribution in [0.1, 0.15) is 18.1 Å². The SMILES string of the molecule is [C-]#[N+]c1cc(C)c(OCC)c(C)c1. The summed E-state index contributed by atoms with van der Waals surface area (Å²) in [5.74, 6) is 0.912. The van der Waals surface area contributed by atoms with Gasteiger partial charge in [0.25, 0.3) is 0 Å². The van der Waals surface area contributed by atoms with Crippen molar-refractivity contribution >= 4 is 5.69 Å². The molecule has 2 heteroatoms. The van der Waals surface area contributed by atoms with Gasteiger partial charge < -0.3 is 4.74 Å². The van der Waals surface area contributed by atoms with Crippen LogP contribution in [0.5, 0.6) is 5.75 Å². The highest BCUT2D eigenvalue weighted by Gasteiger charge is 2.04. The zero-order valence-corrected chi connectivity index (χ0v) is 8.22. The summed E-state index contributed by atoms with van der Waals surface area (Å²) in [5, 5.41) is 0. The Labute approximate surface area is 79.0 Å². The van der Waals surface area contributed by atoms with Crippen molar-refractivity contribution in [1.82, 2.24) is 0 Å². The molecule has 0 spiro atoms. The monoisotopic (exact) mass is 175 g/mol. The second kappa shape index (κ2) is 3.95. The predicted molar refractivity (Wildman–Crippen MR) is 53.3 cm³/mol. The lowest BCUT2D eigenvalue weighted by Gasteiger charge is -2.10. The molecule has 0 aliphatic carbocycles. The number of hydrogen-bond acceptors (Lipinski definition) is 1. The molecule has 0 saturated heterocycles. The molecule has 1 aromatic carbocycles. The summed E-state index contributed by atoms with van der Waals surface area (Å²) in [4.78, 5) is 3.39. The molecule has 0 bridgehead atoms. The molecule has 2 nitrogen and oxygen atoms in total. The van der Waals surface area contributed by atoms with Crippen molar-refractivity contribution in [3.8, 4) is 5.75 Å². The van der Waals surface area contributed by atoms with E-state index in [1.165, 1.54) is 0 Å². The van der Waals surface area contributed by atoms with E-state index in [2.05, 4.69) is 4.85 Å². The van der Waals surface area contributed by atoms with Gasteiger partial charge in [-0.05, 0) is 44.0 Å². The van der Waals surface area contributed by atoms with Crippen LogP contribution in [-0.4, -0.2) is 6.61 Å². The van der Waals surface area contributed by atoms with E-state index in [1.807, 2.05) is 32.9 Å². The molecule has 0 radical (unpaired) electrons. The number of ether oxygens (including phenoxy) is 1. The smallest absolute Gasteiger partial charge is 0.188 e. The van der Waals surface area contributed by atoms with E-state index in [0.29, 0.717) is 12.3 Å². The first-order valence-electron chi connectivity index (χ1n) is 4.30. The first-order chi connectivity index (χ1) is 6.19. The molecule has 0 saturated carbocycles. The molecule has 0 unspecified atom stereocenters. The minimum atomic E-state index is 0.666. The van der Waals surface area contributed by atoms with E-state index < -0.39 is 0 Å². The summed E-state index contributed by atoms with van der Waals surface area (Å²) < 4.78 is 5.46. The van der Waals surface area contributed by atoms with Crippen LogP contribution >= 0.6 is 0 Å². The topological polar surface area (TPSA) is 13.6 Å². The van der Waals surface area contributed by atoms with Gasteiger partial charge in [-0.15, -0.1) is 0 Å². The normalized spacial score (nSPS) is 9.38. The molecule has 68 valence electrons. The highest BCUT2D eigenvalue weighted by atomic mass is 16.5. The molecule has 0 aromatic heterocycles. The highest BCUT2D eigenvalue weighted by Crippen LogP contribution is 2.28. The van der Waals surface area contributed by atoms with Crippen molar-refractivity contribution in [3.63, 3.8) is 0 Å². The van der Waals surface area contributed by atoms with Crippen LogP contribution in [0.25, 0.3) is 4.85 Å².